The molecule has 2 aromatic heterocycles. The second-order valence-corrected chi connectivity index (χ2v) is 4.69. The van der Waals surface area contributed by atoms with E-state index < -0.39 is 0 Å². The van der Waals surface area contributed by atoms with Gasteiger partial charge in [-0.2, -0.15) is 0 Å². The molecule has 2 heterocycles. The van der Waals surface area contributed by atoms with Crippen LogP contribution in [0.15, 0.2) is 30.5 Å². The summed E-state index contributed by atoms with van der Waals surface area (Å²) in [6.07, 6.45) is 1.64. The van der Waals surface area contributed by atoms with Gasteiger partial charge in [-0.15, -0.1) is 0 Å². The predicted molar refractivity (Wildman–Crippen MR) is 74.8 cm³/mol. The van der Waals surface area contributed by atoms with Crippen molar-refractivity contribution in [1.82, 2.24) is 8.96 Å². The van der Waals surface area contributed by atoms with E-state index in [4.69, 9.17) is 11.6 Å². The monoisotopic (exact) mass is 246 g/mol. The SMILES string of the molecule is Bc1ccc2c(c1)c1cc(Cl)cnc1n2S. The zero-order valence-electron chi connectivity index (χ0n) is 8.61. The molecule has 0 aliphatic carbocycles. The molecule has 2 nitrogen and oxygen atoms in total. The number of benzene rings is 1. The van der Waals surface area contributed by atoms with Gasteiger partial charge in [-0.1, -0.05) is 42.0 Å². The van der Waals surface area contributed by atoms with Crippen LogP contribution in [-0.2, 0) is 0 Å². The molecule has 3 rings (SSSR count). The van der Waals surface area contributed by atoms with Crippen molar-refractivity contribution >= 4 is 59.7 Å². The molecule has 0 aliphatic heterocycles. The van der Waals surface area contributed by atoms with E-state index in [1.165, 1.54) is 5.46 Å². The van der Waals surface area contributed by atoms with Crippen LogP contribution < -0.4 is 5.46 Å². The summed E-state index contributed by atoms with van der Waals surface area (Å²) >= 11 is 10.4. The Kier molecular flexibility index (Phi) is 2.16. The Morgan fingerprint density at radius 3 is 2.88 bits per heavy atom. The number of fused-ring (bicyclic) bond motifs is 3. The van der Waals surface area contributed by atoms with Gasteiger partial charge in [0.15, 0.2) is 5.65 Å². The third-order valence-corrected chi connectivity index (χ3v) is 3.32. The summed E-state index contributed by atoms with van der Waals surface area (Å²) in [5.74, 6) is 0. The number of hydrogen-bond donors (Lipinski definition) is 1. The topological polar surface area (TPSA) is 17.8 Å². The molecule has 0 bridgehead atoms. The largest absolute Gasteiger partial charge is 0.270 e. The fourth-order valence-corrected chi connectivity index (χ4v) is 2.46. The lowest BCUT2D eigenvalue weighted by Gasteiger charge is -1.95. The molecule has 3 aromatic rings. The van der Waals surface area contributed by atoms with Crippen molar-refractivity contribution in [3.63, 3.8) is 0 Å². The highest BCUT2D eigenvalue weighted by atomic mass is 35.5. The molecule has 0 amide bonds. The van der Waals surface area contributed by atoms with Gasteiger partial charge in [0.25, 0.3) is 0 Å². The van der Waals surface area contributed by atoms with Crippen molar-refractivity contribution in [1.29, 1.82) is 0 Å². The number of halogens is 1. The number of thiol groups is 1. The van der Waals surface area contributed by atoms with Gasteiger partial charge in [-0.3, -0.25) is 3.97 Å². The Hall–Kier alpha value is -1.13. The second-order valence-electron chi connectivity index (χ2n) is 3.86. The summed E-state index contributed by atoms with van der Waals surface area (Å²) in [4.78, 5) is 4.30. The van der Waals surface area contributed by atoms with E-state index in [1.54, 1.807) is 10.2 Å². The molecule has 5 heteroatoms. The van der Waals surface area contributed by atoms with Crippen LogP contribution in [0.25, 0.3) is 21.9 Å². The number of rotatable bonds is 0. The van der Waals surface area contributed by atoms with E-state index in [1.807, 2.05) is 12.1 Å². The minimum absolute atomic E-state index is 0.648. The van der Waals surface area contributed by atoms with Gasteiger partial charge in [0.1, 0.15) is 7.85 Å². The van der Waals surface area contributed by atoms with Crippen molar-refractivity contribution < 1.29 is 0 Å². The first-order chi connectivity index (χ1) is 7.66. The van der Waals surface area contributed by atoms with Crippen LogP contribution in [0.4, 0.5) is 0 Å². The van der Waals surface area contributed by atoms with Crippen LogP contribution in [0.1, 0.15) is 0 Å². The van der Waals surface area contributed by atoms with E-state index in [2.05, 4.69) is 37.8 Å². The standard InChI is InChI=1S/C11H8BClN2S/c12-6-1-2-10-8(3-6)9-4-7(13)5-14-11(9)15(10)16/h1-5,16H,12H2. The Morgan fingerprint density at radius 2 is 2.06 bits per heavy atom. The van der Waals surface area contributed by atoms with Crippen LogP contribution in [-0.4, -0.2) is 16.8 Å². The molecular formula is C11H8BClN2S. The molecule has 0 fully saturated rings. The van der Waals surface area contributed by atoms with Crippen LogP contribution in [0, 0.1) is 0 Å². The first-order valence-electron chi connectivity index (χ1n) is 4.92. The van der Waals surface area contributed by atoms with Gasteiger partial charge in [0, 0.05) is 17.0 Å². The average molecular weight is 247 g/mol. The highest BCUT2D eigenvalue weighted by molar-refractivity contribution is 7.79. The number of nitrogens with zero attached hydrogens (tertiary/aromatic N) is 2. The highest BCUT2D eigenvalue weighted by Crippen LogP contribution is 2.29. The van der Waals surface area contributed by atoms with E-state index in [0.29, 0.717) is 5.02 Å². The van der Waals surface area contributed by atoms with Crippen molar-refractivity contribution in [2.45, 2.75) is 0 Å². The molecule has 0 aliphatic rings. The van der Waals surface area contributed by atoms with Gasteiger partial charge >= 0.3 is 0 Å². The fraction of sp³-hybridized carbons (Fsp3) is 0. The van der Waals surface area contributed by atoms with Crippen molar-refractivity contribution in [3.8, 4) is 0 Å². The predicted octanol–water partition coefficient (Wildman–Crippen LogP) is 1.79. The Morgan fingerprint density at radius 1 is 1.25 bits per heavy atom. The zero-order valence-corrected chi connectivity index (χ0v) is 10.3. The average Bonchev–Trinajstić information content (AvgIpc) is 2.52. The smallest absolute Gasteiger partial charge is 0.151 e. The summed E-state index contributed by atoms with van der Waals surface area (Å²) in [5.41, 5.74) is 3.11. The van der Waals surface area contributed by atoms with Gasteiger partial charge in [-0.05, 0) is 12.1 Å². The van der Waals surface area contributed by atoms with Crippen LogP contribution in [0.3, 0.4) is 0 Å². The molecule has 0 atom stereocenters. The molecule has 0 saturated carbocycles. The van der Waals surface area contributed by atoms with Gasteiger partial charge in [0.05, 0.1) is 10.5 Å². The van der Waals surface area contributed by atoms with Crippen LogP contribution in [0.5, 0.6) is 0 Å². The summed E-state index contributed by atoms with van der Waals surface area (Å²) in [5, 5.41) is 2.83. The van der Waals surface area contributed by atoms with E-state index in [-0.39, 0.29) is 0 Å². The highest BCUT2D eigenvalue weighted by Gasteiger charge is 2.09. The van der Waals surface area contributed by atoms with E-state index in [9.17, 15) is 0 Å². The molecule has 0 radical (unpaired) electrons. The van der Waals surface area contributed by atoms with Crippen molar-refractivity contribution in [3.05, 3.63) is 35.5 Å². The summed E-state index contributed by atoms with van der Waals surface area (Å²) < 4.78 is 1.79. The van der Waals surface area contributed by atoms with E-state index in [0.717, 1.165) is 21.9 Å². The Bertz CT molecular complexity index is 649. The fourth-order valence-electron chi connectivity index (χ4n) is 1.96. The lowest BCUT2D eigenvalue weighted by Crippen LogP contribution is -1.99. The number of pyridine rings is 1. The number of hydrogen-bond acceptors (Lipinski definition) is 2. The first kappa shape index (κ1) is 10.1. The minimum Gasteiger partial charge on any atom is -0.270 e. The lowest BCUT2D eigenvalue weighted by molar-refractivity contribution is 1.30. The summed E-state index contributed by atoms with van der Waals surface area (Å²) in [6, 6.07) is 8.17. The number of aromatic nitrogens is 2. The Balaban J connectivity index is 2.60. The minimum atomic E-state index is 0.648. The molecule has 0 N–H and O–H groups in total. The third-order valence-electron chi connectivity index (χ3n) is 2.70. The van der Waals surface area contributed by atoms with Gasteiger partial charge in [0.2, 0.25) is 0 Å². The molecule has 0 spiro atoms. The van der Waals surface area contributed by atoms with Gasteiger partial charge in [-0.25, -0.2) is 4.98 Å². The van der Waals surface area contributed by atoms with E-state index >= 15 is 0 Å². The summed E-state index contributed by atoms with van der Waals surface area (Å²) in [6.45, 7) is 0. The normalized spacial score (nSPS) is 11.4. The maximum absolute atomic E-state index is 5.97. The maximum Gasteiger partial charge on any atom is 0.151 e. The molecule has 1 aromatic carbocycles. The van der Waals surface area contributed by atoms with Crippen LogP contribution >= 0.6 is 24.4 Å². The Labute approximate surface area is 104 Å². The molecular weight excluding hydrogens is 238 g/mol. The first-order valence-corrected chi connectivity index (χ1v) is 5.70. The van der Waals surface area contributed by atoms with Crippen LogP contribution in [0.2, 0.25) is 5.02 Å². The molecule has 0 unspecified atom stereocenters. The third kappa shape index (κ3) is 1.34. The quantitative estimate of drug-likeness (QED) is 0.473. The maximum atomic E-state index is 5.97. The summed E-state index contributed by atoms with van der Waals surface area (Å²) in [7, 11) is 2.07. The van der Waals surface area contributed by atoms with Crippen molar-refractivity contribution in [2.24, 2.45) is 0 Å². The second kappa shape index (κ2) is 3.44. The van der Waals surface area contributed by atoms with Gasteiger partial charge < -0.3 is 0 Å². The molecule has 0 saturated heterocycles. The molecule has 78 valence electrons. The van der Waals surface area contributed by atoms with Crippen molar-refractivity contribution in [2.75, 3.05) is 0 Å². The molecule has 16 heavy (non-hydrogen) atoms. The lowest BCUT2D eigenvalue weighted by atomic mass is 9.95. The zero-order chi connectivity index (χ0) is 11.3.